The molecule has 0 saturated heterocycles. The summed E-state index contributed by atoms with van der Waals surface area (Å²) in [6.07, 6.45) is 1.69. The largest absolute Gasteiger partial charge is 0.507 e. The van der Waals surface area contributed by atoms with Crippen molar-refractivity contribution in [1.29, 1.82) is 5.26 Å². The number of aryl methyl sites for hydroxylation is 1. The molecule has 0 fully saturated rings. The van der Waals surface area contributed by atoms with Crippen LogP contribution in [0.15, 0.2) is 23.3 Å². The maximum atomic E-state index is 10.8. The number of hydrogen-bond acceptors (Lipinski definition) is 6. The fourth-order valence-corrected chi connectivity index (χ4v) is 3.26. The highest BCUT2D eigenvalue weighted by molar-refractivity contribution is 5.82. The number of anilines is 1. The van der Waals surface area contributed by atoms with Crippen molar-refractivity contribution in [2.45, 2.75) is 65.9 Å². The summed E-state index contributed by atoms with van der Waals surface area (Å²) in [6, 6.07) is 7.90. The Kier molecular flexibility index (Phi) is 6.89. The first-order chi connectivity index (χ1) is 13.9. The van der Waals surface area contributed by atoms with Crippen LogP contribution in [0.5, 0.6) is 5.75 Å². The molecule has 2 N–H and O–H groups in total. The van der Waals surface area contributed by atoms with Crippen LogP contribution in [-0.2, 0) is 22.2 Å². The van der Waals surface area contributed by atoms with E-state index in [9.17, 15) is 10.4 Å². The number of phenolic OH excluding ortho intramolecular Hbond substituents is 1. The van der Waals surface area contributed by atoms with Gasteiger partial charge in [0.05, 0.1) is 12.8 Å². The van der Waals surface area contributed by atoms with Crippen LogP contribution in [0.25, 0.3) is 0 Å². The number of benzene rings is 1. The van der Waals surface area contributed by atoms with Crippen molar-refractivity contribution < 1.29 is 9.84 Å². The van der Waals surface area contributed by atoms with Crippen molar-refractivity contribution in [2.75, 3.05) is 12.5 Å². The number of hydrazone groups is 1. The molecule has 6 nitrogen and oxygen atoms in total. The molecule has 0 saturated carbocycles. The van der Waals surface area contributed by atoms with E-state index in [1.807, 2.05) is 25.1 Å². The first kappa shape index (κ1) is 23.4. The van der Waals surface area contributed by atoms with Gasteiger partial charge in [-0.2, -0.15) is 10.4 Å². The lowest BCUT2D eigenvalue weighted by Crippen LogP contribution is -2.18. The van der Waals surface area contributed by atoms with Gasteiger partial charge < -0.3 is 9.84 Å². The average Bonchev–Trinajstić information content (AvgIpc) is 2.61. The first-order valence-corrected chi connectivity index (χ1v) is 9.95. The van der Waals surface area contributed by atoms with Gasteiger partial charge in [-0.3, -0.25) is 5.43 Å². The highest BCUT2D eigenvalue weighted by Crippen LogP contribution is 2.39. The highest BCUT2D eigenvalue weighted by atomic mass is 16.5. The topological polar surface area (TPSA) is 90.5 Å². The third kappa shape index (κ3) is 5.37. The summed E-state index contributed by atoms with van der Waals surface area (Å²) in [7, 11) is 1.59. The number of hydrogen-bond donors (Lipinski definition) is 2. The zero-order valence-corrected chi connectivity index (χ0v) is 19.2. The lowest BCUT2D eigenvalue weighted by molar-refractivity contribution is 0.184. The van der Waals surface area contributed by atoms with E-state index in [1.54, 1.807) is 13.3 Å². The number of aromatic hydroxyl groups is 1. The standard InChI is InChI=1S/C24H32N4O2/c1-15-9-17(14-30-8)18(12-25)22(27-15)28-26-13-16-10-19(23(2,3)4)21(29)20(11-16)24(5,6)7/h9-11,13,29H,14H2,1-8H3,(H,27,28)/b26-13+. The van der Waals surface area contributed by atoms with Crippen LogP contribution in [-0.4, -0.2) is 23.4 Å². The van der Waals surface area contributed by atoms with Crippen LogP contribution in [0.4, 0.5) is 5.82 Å². The molecule has 0 amide bonds. The summed E-state index contributed by atoms with van der Waals surface area (Å²) in [4.78, 5) is 4.40. The Hall–Kier alpha value is -2.91. The summed E-state index contributed by atoms with van der Waals surface area (Å²) < 4.78 is 5.19. The Morgan fingerprint density at radius 3 is 2.17 bits per heavy atom. The van der Waals surface area contributed by atoms with Gasteiger partial charge in [0, 0.05) is 29.5 Å². The first-order valence-electron chi connectivity index (χ1n) is 9.95. The third-order valence-corrected chi connectivity index (χ3v) is 4.77. The van der Waals surface area contributed by atoms with Gasteiger partial charge in [0.2, 0.25) is 0 Å². The molecule has 0 bridgehead atoms. The van der Waals surface area contributed by atoms with E-state index in [-0.39, 0.29) is 10.8 Å². The van der Waals surface area contributed by atoms with E-state index in [0.29, 0.717) is 23.7 Å². The zero-order chi connectivity index (χ0) is 22.7. The van der Waals surface area contributed by atoms with Crippen molar-refractivity contribution in [3.63, 3.8) is 0 Å². The maximum absolute atomic E-state index is 10.8. The number of pyridine rings is 1. The van der Waals surface area contributed by atoms with E-state index < -0.39 is 0 Å². The van der Waals surface area contributed by atoms with Crippen molar-refractivity contribution in [3.8, 4) is 11.8 Å². The van der Waals surface area contributed by atoms with E-state index in [2.05, 4.69) is 63.1 Å². The maximum Gasteiger partial charge on any atom is 0.164 e. The van der Waals surface area contributed by atoms with E-state index in [4.69, 9.17) is 4.74 Å². The Balaban J connectivity index is 2.46. The Morgan fingerprint density at radius 1 is 1.13 bits per heavy atom. The molecule has 0 aliphatic heterocycles. The predicted octanol–water partition coefficient (Wildman–Crippen LogP) is 5.15. The molecule has 0 aliphatic carbocycles. The molecule has 30 heavy (non-hydrogen) atoms. The number of phenols is 1. The van der Waals surface area contributed by atoms with Crippen molar-refractivity contribution in [2.24, 2.45) is 5.10 Å². The van der Waals surface area contributed by atoms with Gasteiger partial charge in [0.1, 0.15) is 17.4 Å². The van der Waals surface area contributed by atoms with Gasteiger partial charge in [-0.15, -0.1) is 0 Å². The number of ether oxygens (including phenoxy) is 1. The highest BCUT2D eigenvalue weighted by Gasteiger charge is 2.26. The second-order valence-corrected chi connectivity index (χ2v) is 9.53. The van der Waals surface area contributed by atoms with Crippen LogP contribution in [0.2, 0.25) is 0 Å². The van der Waals surface area contributed by atoms with Crippen LogP contribution < -0.4 is 5.43 Å². The monoisotopic (exact) mass is 408 g/mol. The van der Waals surface area contributed by atoms with E-state index >= 15 is 0 Å². The van der Waals surface area contributed by atoms with Gasteiger partial charge in [-0.1, -0.05) is 41.5 Å². The Morgan fingerprint density at radius 2 is 1.70 bits per heavy atom. The lowest BCUT2D eigenvalue weighted by atomic mass is 9.78. The molecule has 0 atom stereocenters. The average molecular weight is 409 g/mol. The molecule has 2 rings (SSSR count). The van der Waals surface area contributed by atoms with Crippen molar-refractivity contribution in [1.82, 2.24) is 4.98 Å². The quantitative estimate of drug-likeness (QED) is 0.527. The van der Waals surface area contributed by atoms with Crippen molar-refractivity contribution in [3.05, 3.63) is 51.7 Å². The Labute approximate surface area is 179 Å². The molecular formula is C24H32N4O2. The molecule has 160 valence electrons. The molecule has 1 aromatic heterocycles. The van der Waals surface area contributed by atoms with Gasteiger partial charge in [0.25, 0.3) is 0 Å². The predicted molar refractivity (Wildman–Crippen MR) is 121 cm³/mol. The molecule has 0 spiro atoms. The molecule has 0 unspecified atom stereocenters. The smallest absolute Gasteiger partial charge is 0.164 e. The molecular weight excluding hydrogens is 376 g/mol. The minimum Gasteiger partial charge on any atom is -0.507 e. The van der Waals surface area contributed by atoms with Crippen molar-refractivity contribution >= 4 is 12.0 Å². The lowest BCUT2D eigenvalue weighted by Gasteiger charge is -2.27. The normalized spacial score (nSPS) is 12.2. The minimum absolute atomic E-state index is 0.220. The third-order valence-electron chi connectivity index (χ3n) is 4.77. The van der Waals surface area contributed by atoms with Gasteiger partial charge >= 0.3 is 0 Å². The summed E-state index contributed by atoms with van der Waals surface area (Å²) in [5.41, 5.74) is 7.00. The van der Waals surface area contributed by atoms with Crippen LogP contribution in [0.1, 0.15) is 75.1 Å². The molecule has 0 aliphatic rings. The molecule has 6 heteroatoms. The summed E-state index contributed by atoms with van der Waals surface area (Å²) in [6.45, 7) is 14.6. The van der Waals surface area contributed by atoms with E-state index in [1.165, 1.54) is 0 Å². The number of rotatable bonds is 5. The number of nitrogens with one attached hydrogen (secondary N) is 1. The molecule has 1 heterocycles. The minimum atomic E-state index is -0.220. The second kappa shape index (κ2) is 8.85. The number of nitriles is 1. The van der Waals surface area contributed by atoms with Crippen LogP contribution >= 0.6 is 0 Å². The SMILES string of the molecule is COCc1cc(C)nc(N/N=C/c2cc(C(C)(C)C)c(O)c(C(C)(C)C)c2)c1C#N. The fourth-order valence-electron chi connectivity index (χ4n) is 3.26. The van der Waals surface area contributed by atoms with E-state index in [0.717, 1.165) is 27.9 Å². The summed E-state index contributed by atoms with van der Waals surface area (Å²) in [5.74, 6) is 0.725. The van der Waals surface area contributed by atoms with Crippen LogP contribution in [0, 0.1) is 18.3 Å². The van der Waals surface area contributed by atoms with Gasteiger partial charge in [0.15, 0.2) is 5.82 Å². The zero-order valence-electron chi connectivity index (χ0n) is 19.2. The number of nitrogens with zero attached hydrogens (tertiary/aromatic N) is 3. The van der Waals surface area contributed by atoms with Crippen LogP contribution in [0.3, 0.4) is 0 Å². The second-order valence-electron chi connectivity index (χ2n) is 9.53. The van der Waals surface area contributed by atoms with Gasteiger partial charge in [-0.05, 0) is 41.5 Å². The molecule has 1 aromatic carbocycles. The molecule has 0 radical (unpaired) electrons. The number of methoxy groups -OCH3 is 1. The van der Waals surface area contributed by atoms with Gasteiger partial charge in [-0.25, -0.2) is 4.98 Å². The summed E-state index contributed by atoms with van der Waals surface area (Å²) in [5, 5.41) is 24.7. The molecule has 2 aromatic rings. The summed E-state index contributed by atoms with van der Waals surface area (Å²) >= 11 is 0. The Bertz CT molecular complexity index is 955. The number of aromatic nitrogens is 1. The fraction of sp³-hybridized carbons (Fsp3) is 0.458.